The number of hydrogen-bond donors (Lipinski definition) is 0. The molecular weight excluding hydrogens is 218 g/mol. The van der Waals surface area contributed by atoms with Crippen LogP contribution < -0.4 is 0 Å². The summed E-state index contributed by atoms with van der Waals surface area (Å²) in [5.41, 5.74) is -0.0850. The van der Waals surface area contributed by atoms with Crippen molar-refractivity contribution in [3.8, 4) is 0 Å². The summed E-state index contributed by atoms with van der Waals surface area (Å²) < 4.78 is 11.3. The minimum Gasteiger partial charge on any atom is -0.381 e. The van der Waals surface area contributed by atoms with E-state index in [2.05, 4.69) is 0 Å². The highest BCUT2D eigenvalue weighted by molar-refractivity contribution is 5.80. The molecule has 17 heavy (non-hydrogen) atoms. The Hall–Kier alpha value is -0.610. The first-order chi connectivity index (χ1) is 8.22. The lowest BCUT2D eigenvalue weighted by Crippen LogP contribution is -2.68. The Balaban J connectivity index is 1.53. The van der Waals surface area contributed by atoms with Gasteiger partial charge in [0, 0.05) is 26.1 Å². The molecule has 2 heterocycles. The minimum atomic E-state index is -0.0850. The van der Waals surface area contributed by atoms with Crippen molar-refractivity contribution in [1.29, 1.82) is 0 Å². The number of carbonyl (C=O) groups excluding carboxylic acids is 1. The number of hydrogen-bond acceptors (Lipinski definition) is 3. The molecule has 0 aromatic carbocycles. The normalized spacial score (nSPS) is 32.1. The van der Waals surface area contributed by atoms with Gasteiger partial charge in [-0.2, -0.15) is 0 Å². The molecule has 0 radical (unpaired) electrons. The second kappa shape index (κ2) is 4.25. The van der Waals surface area contributed by atoms with Gasteiger partial charge in [0.05, 0.1) is 19.2 Å². The Kier molecular flexibility index (Phi) is 2.87. The number of methoxy groups -OCH3 is 1. The van der Waals surface area contributed by atoms with Crippen LogP contribution in [0.4, 0.5) is 0 Å². The highest BCUT2D eigenvalue weighted by atomic mass is 16.5. The van der Waals surface area contributed by atoms with E-state index < -0.39 is 0 Å². The summed E-state index contributed by atoms with van der Waals surface area (Å²) in [7, 11) is 1.76. The average molecular weight is 239 g/mol. The zero-order valence-corrected chi connectivity index (χ0v) is 10.5. The molecule has 2 saturated heterocycles. The summed E-state index contributed by atoms with van der Waals surface area (Å²) in [6, 6.07) is 0. The van der Waals surface area contributed by atoms with E-state index in [0.717, 1.165) is 45.4 Å². The highest BCUT2D eigenvalue weighted by Gasteiger charge is 2.50. The van der Waals surface area contributed by atoms with Crippen molar-refractivity contribution >= 4 is 5.91 Å². The Morgan fingerprint density at radius 1 is 1.35 bits per heavy atom. The molecule has 2 aliphatic heterocycles. The third kappa shape index (κ3) is 1.97. The lowest BCUT2D eigenvalue weighted by Gasteiger charge is -2.54. The molecule has 3 aliphatic rings. The Morgan fingerprint density at radius 3 is 2.71 bits per heavy atom. The third-order valence-electron chi connectivity index (χ3n) is 4.51. The smallest absolute Gasteiger partial charge is 0.225 e. The quantitative estimate of drug-likeness (QED) is 0.726. The molecule has 1 spiro atoms. The standard InChI is InChI=1S/C13H21NO3/c1-16-11-5-6-17-13(7-11)8-14(9-13)12(15)10-3-2-4-10/h10-11H,2-9H2,1H3/t11-/m0/s1. The van der Waals surface area contributed by atoms with Crippen LogP contribution in [-0.4, -0.2) is 49.3 Å². The summed E-state index contributed by atoms with van der Waals surface area (Å²) in [5, 5.41) is 0. The number of likely N-dealkylation sites (tertiary alicyclic amines) is 1. The van der Waals surface area contributed by atoms with Gasteiger partial charge in [0.15, 0.2) is 0 Å². The SMILES string of the molecule is CO[C@H]1CCOC2(C1)CN(C(=O)C1CCC1)C2. The van der Waals surface area contributed by atoms with Crippen LogP contribution in [0.2, 0.25) is 0 Å². The molecule has 1 atom stereocenters. The van der Waals surface area contributed by atoms with Crippen LogP contribution in [0.25, 0.3) is 0 Å². The second-order valence-corrected chi connectivity index (χ2v) is 5.70. The van der Waals surface area contributed by atoms with Gasteiger partial charge in [-0.1, -0.05) is 6.42 Å². The van der Waals surface area contributed by atoms with Gasteiger partial charge in [-0.05, 0) is 19.3 Å². The van der Waals surface area contributed by atoms with E-state index in [-0.39, 0.29) is 5.60 Å². The van der Waals surface area contributed by atoms with Crippen molar-refractivity contribution in [2.45, 2.75) is 43.8 Å². The predicted molar refractivity (Wildman–Crippen MR) is 62.6 cm³/mol. The third-order valence-corrected chi connectivity index (χ3v) is 4.51. The molecule has 96 valence electrons. The predicted octanol–water partition coefficient (Wildman–Crippen LogP) is 1.19. The first kappa shape index (κ1) is 11.5. The topological polar surface area (TPSA) is 38.8 Å². The molecular formula is C13H21NO3. The zero-order valence-electron chi connectivity index (χ0n) is 10.5. The first-order valence-electron chi connectivity index (χ1n) is 6.68. The number of ether oxygens (including phenoxy) is 2. The molecule has 0 unspecified atom stereocenters. The van der Waals surface area contributed by atoms with E-state index in [1.807, 2.05) is 4.90 Å². The van der Waals surface area contributed by atoms with Crippen LogP contribution in [0.15, 0.2) is 0 Å². The van der Waals surface area contributed by atoms with Crippen LogP contribution in [0.1, 0.15) is 32.1 Å². The molecule has 4 heteroatoms. The maximum absolute atomic E-state index is 12.0. The maximum atomic E-state index is 12.0. The Labute approximate surface area is 102 Å². The summed E-state index contributed by atoms with van der Waals surface area (Å²) >= 11 is 0. The van der Waals surface area contributed by atoms with Gasteiger partial charge in [-0.3, -0.25) is 4.79 Å². The minimum absolute atomic E-state index is 0.0850. The molecule has 0 aromatic rings. The van der Waals surface area contributed by atoms with Crippen molar-refractivity contribution in [1.82, 2.24) is 4.90 Å². The van der Waals surface area contributed by atoms with Gasteiger partial charge >= 0.3 is 0 Å². The van der Waals surface area contributed by atoms with Gasteiger partial charge in [0.2, 0.25) is 5.91 Å². The van der Waals surface area contributed by atoms with E-state index in [0.29, 0.717) is 17.9 Å². The molecule has 3 rings (SSSR count). The van der Waals surface area contributed by atoms with Crippen molar-refractivity contribution < 1.29 is 14.3 Å². The van der Waals surface area contributed by atoms with Crippen LogP contribution in [0.3, 0.4) is 0 Å². The molecule has 0 N–H and O–H groups in total. The number of amides is 1. The van der Waals surface area contributed by atoms with Crippen LogP contribution in [0.5, 0.6) is 0 Å². The monoisotopic (exact) mass is 239 g/mol. The summed E-state index contributed by atoms with van der Waals surface area (Å²) in [6.07, 6.45) is 5.63. The van der Waals surface area contributed by atoms with Gasteiger partial charge in [0.1, 0.15) is 5.60 Å². The summed E-state index contributed by atoms with van der Waals surface area (Å²) in [4.78, 5) is 14.0. The van der Waals surface area contributed by atoms with E-state index in [1.54, 1.807) is 7.11 Å². The van der Waals surface area contributed by atoms with Crippen molar-refractivity contribution in [2.24, 2.45) is 5.92 Å². The van der Waals surface area contributed by atoms with Crippen molar-refractivity contribution in [3.63, 3.8) is 0 Å². The second-order valence-electron chi connectivity index (χ2n) is 5.70. The number of nitrogens with zero attached hydrogens (tertiary/aromatic N) is 1. The molecule has 4 nitrogen and oxygen atoms in total. The summed E-state index contributed by atoms with van der Waals surface area (Å²) in [6.45, 7) is 2.33. The van der Waals surface area contributed by atoms with Gasteiger partial charge in [-0.15, -0.1) is 0 Å². The van der Waals surface area contributed by atoms with E-state index in [1.165, 1.54) is 6.42 Å². The van der Waals surface area contributed by atoms with Gasteiger partial charge < -0.3 is 14.4 Å². The Morgan fingerprint density at radius 2 is 2.12 bits per heavy atom. The number of rotatable bonds is 2. The fourth-order valence-electron chi connectivity index (χ4n) is 3.12. The largest absolute Gasteiger partial charge is 0.381 e. The summed E-state index contributed by atoms with van der Waals surface area (Å²) in [5.74, 6) is 0.666. The van der Waals surface area contributed by atoms with Gasteiger partial charge in [0.25, 0.3) is 0 Å². The Bertz CT molecular complexity index is 308. The first-order valence-corrected chi connectivity index (χ1v) is 6.68. The lowest BCUT2D eigenvalue weighted by atomic mass is 9.80. The van der Waals surface area contributed by atoms with Gasteiger partial charge in [-0.25, -0.2) is 0 Å². The maximum Gasteiger partial charge on any atom is 0.225 e. The number of carbonyl (C=O) groups is 1. The average Bonchev–Trinajstić information content (AvgIpc) is 2.23. The molecule has 1 amide bonds. The van der Waals surface area contributed by atoms with Crippen LogP contribution >= 0.6 is 0 Å². The molecule has 0 bridgehead atoms. The van der Waals surface area contributed by atoms with E-state index in [4.69, 9.17) is 9.47 Å². The van der Waals surface area contributed by atoms with E-state index in [9.17, 15) is 4.79 Å². The fourth-order valence-corrected chi connectivity index (χ4v) is 3.12. The van der Waals surface area contributed by atoms with Crippen molar-refractivity contribution in [2.75, 3.05) is 26.8 Å². The fraction of sp³-hybridized carbons (Fsp3) is 0.923. The van der Waals surface area contributed by atoms with Crippen molar-refractivity contribution in [3.05, 3.63) is 0 Å². The zero-order chi connectivity index (χ0) is 11.9. The molecule has 0 aromatic heterocycles. The highest BCUT2D eigenvalue weighted by Crippen LogP contribution is 2.38. The molecule has 1 saturated carbocycles. The molecule has 3 fully saturated rings. The van der Waals surface area contributed by atoms with Crippen LogP contribution in [-0.2, 0) is 14.3 Å². The van der Waals surface area contributed by atoms with Crippen LogP contribution in [0, 0.1) is 5.92 Å². The van der Waals surface area contributed by atoms with E-state index >= 15 is 0 Å². The lowest BCUT2D eigenvalue weighted by molar-refractivity contribution is -0.201. The molecule has 1 aliphatic carbocycles.